The van der Waals surface area contributed by atoms with Gasteiger partial charge in [-0.15, -0.1) is 0 Å². The molecule has 0 bridgehead atoms. The Balaban J connectivity index is 1.41. The second-order valence-corrected chi connectivity index (χ2v) is 9.55. The summed E-state index contributed by atoms with van der Waals surface area (Å²) < 4.78 is 2.54. The number of benzene rings is 1. The minimum Gasteiger partial charge on any atom is -0.344 e. The molecule has 5 rings (SSSR count). The van der Waals surface area contributed by atoms with Gasteiger partial charge in [-0.3, -0.25) is 4.90 Å². The fraction of sp³-hybridized carbons (Fsp3) is 0.640. The number of carbonyl (C=O) groups excluding carboxylic acids is 1. The quantitative estimate of drug-likeness (QED) is 0.694. The van der Waals surface area contributed by atoms with Gasteiger partial charge in [0.15, 0.2) is 0 Å². The van der Waals surface area contributed by atoms with Crippen molar-refractivity contribution >= 4 is 22.6 Å². The second kappa shape index (κ2) is 8.62. The number of anilines is 1. The average Bonchev–Trinajstić information content (AvgIpc) is 3.50. The summed E-state index contributed by atoms with van der Waals surface area (Å²) in [5.74, 6) is 0. The molecule has 0 radical (unpaired) electrons. The normalized spacial score (nSPS) is 20.7. The molecule has 2 N–H and O–H groups in total. The van der Waals surface area contributed by atoms with Gasteiger partial charge in [0.1, 0.15) is 0 Å². The third-order valence-electron chi connectivity index (χ3n) is 7.52. The molecule has 0 unspecified atom stereocenters. The lowest BCUT2D eigenvalue weighted by molar-refractivity contribution is 0.180. The monoisotopic (exact) mass is 408 g/mol. The van der Waals surface area contributed by atoms with E-state index in [1.165, 1.54) is 67.2 Å². The minimum absolute atomic E-state index is 0.0595. The molecule has 1 aromatic heterocycles. The highest BCUT2D eigenvalue weighted by atomic mass is 16.2. The van der Waals surface area contributed by atoms with Crippen LogP contribution in [0.3, 0.4) is 0 Å². The van der Waals surface area contributed by atoms with E-state index in [1.807, 2.05) is 0 Å². The summed E-state index contributed by atoms with van der Waals surface area (Å²) in [6, 6.07) is 7.55. The zero-order chi connectivity index (χ0) is 20.5. The van der Waals surface area contributed by atoms with Crippen molar-refractivity contribution in [1.29, 1.82) is 0 Å². The summed E-state index contributed by atoms with van der Waals surface area (Å²) in [5, 5.41) is 7.58. The van der Waals surface area contributed by atoms with Crippen LogP contribution >= 0.6 is 0 Å². The maximum absolute atomic E-state index is 12.5. The van der Waals surface area contributed by atoms with Gasteiger partial charge in [-0.05, 0) is 55.9 Å². The zero-order valence-corrected chi connectivity index (χ0v) is 18.4. The fourth-order valence-electron chi connectivity index (χ4n) is 6.03. The van der Waals surface area contributed by atoms with E-state index in [9.17, 15) is 4.79 Å². The molecule has 0 saturated heterocycles. The molecule has 3 aliphatic rings. The van der Waals surface area contributed by atoms with Crippen molar-refractivity contribution in [3.8, 4) is 0 Å². The molecule has 5 heteroatoms. The second-order valence-electron chi connectivity index (χ2n) is 9.55. The molecule has 2 aromatic rings. The smallest absolute Gasteiger partial charge is 0.319 e. The SMILES string of the molecule is CCCn1c2c(c3cc(NC(=O)NC4CCCC4)ccc31)CN(C1CCCC1)CC2. The van der Waals surface area contributed by atoms with Crippen molar-refractivity contribution in [2.24, 2.45) is 0 Å². The number of carbonyl (C=O) groups is 1. The summed E-state index contributed by atoms with van der Waals surface area (Å²) >= 11 is 0. The highest BCUT2D eigenvalue weighted by molar-refractivity contribution is 5.94. The van der Waals surface area contributed by atoms with Crippen LogP contribution in [0.1, 0.15) is 76.0 Å². The first-order valence-corrected chi connectivity index (χ1v) is 12.2. The van der Waals surface area contributed by atoms with Crippen molar-refractivity contribution in [2.75, 3.05) is 11.9 Å². The van der Waals surface area contributed by atoms with E-state index in [4.69, 9.17) is 0 Å². The van der Waals surface area contributed by atoms with Gasteiger partial charge in [-0.2, -0.15) is 0 Å². The summed E-state index contributed by atoms with van der Waals surface area (Å²) in [4.78, 5) is 15.2. The van der Waals surface area contributed by atoms with Gasteiger partial charge < -0.3 is 15.2 Å². The van der Waals surface area contributed by atoms with Crippen LogP contribution in [-0.2, 0) is 19.5 Å². The predicted molar refractivity (Wildman–Crippen MR) is 123 cm³/mol. The van der Waals surface area contributed by atoms with Gasteiger partial charge >= 0.3 is 6.03 Å². The van der Waals surface area contributed by atoms with Crippen LogP contribution < -0.4 is 10.6 Å². The Labute approximate surface area is 180 Å². The molecule has 1 aliphatic heterocycles. The van der Waals surface area contributed by atoms with Crippen molar-refractivity contribution in [1.82, 2.24) is 14.8 Å². The molecule has 2 fully saturated rings. The molecule has 0 atom stereocenters. The summed E-state index contributed by atoms with van der Waals surface area (Å²) in [6.07, 6.45) is 12.4. The Hall–Kier alpha value is -2.01. The highest BCUT2D eigenvalue weighted by Gasteiger charge is 2.29. The molecule has 2 amide bonds. The number of rotatable bonds is 5. The Bertz CT molecular complexity index is 905. The first-order chi connectivity index (χ1) is 14.7. The van der Waals surface area contributed by atoms with E-state index in [2.05, 4.69) is 45.2 Å². The van der Waals surface area contributed by atoms with Gasteiger partial charge in [-0.25, -0.2) is 4.79 Å². The third-order valence-corrected chi connectivity index (χ3v) is 7.52. The number of nitrogens with one attached hydrogen (secondary N) is 2. The van der Waals surface area contributed by atoms with Gasteiger partial charge in [0, 0.05) is 60.4 Å². The number of hydrogen-bond acceptors (Lipinski definition) is 2. The van der Waals surface area contributed by atoms with Gasteiger partial charge in [0.2, 0.25) is 0 Å². The summed E-state index contributed by atoms with van der Waals surface area (Å²) in [7, 11) is 0. The maximum atomic E-state index is 12.5. The molecule has 2 saturated carbocycles. The van der Waals surface area contributed by atoms with Crippen LogP contribution in [0, 0.1) is 0 Å². The largest absolute Gasteiger partial charge is 0.344 e. The standard InChI is InChI=1S/C25H36N4O/c1-2-14-29-23-12-11-19(27-25(30)26-18-7-3-4-8-18)16-21(23)22-17-28(15-13-24(22)29)20-9-5-6-10-20/h11-12,16,18,20H,2-10,13-15,17H2,1H3,(H2,26,27,30). The maximum Gasteiger partial charge on any atom is 0.319 e. The van der Waals surface area contributed by atoms with Crippen molar-refractivity contribution in [3.63, 3.8) is 0 Å². The van der Waals surface area contributed by atoms with Crippen molar-refractivity contribution in [3.05, 3.63) is 29.5 Å². The molecule has 162 valence electrons. The zero-order valence-electron chi connectivity index (χ0n) is 18.4. The average molecular weight is 409 g/mol. The van der Waals surface area contributed by atoms with Crippen molar-refractivity contribution in [2.45, 2.75) is 96.3 Å². The topological polar surface area (TPSA) is 49.3 Å². The van der Waals surface area contributed by atoms with Crippen LogP contribution in [0.15, 0.2) is 18.2 Å². The number of fused-ring (bicyclic) bond motifs is 3. The van der Waals surface area contributed by atoms with Gasteiger partial charge in [-0.1, -0.05) is 32.6 Å². The predicted octanol–water partition coefficient (Wildman–Crippen LogP) is 5.42. The Kier molecular flexibility index (Phi) is 5.72. The van der Waals surface area contributed by atoms with Crippen LogP contribution in [0.4, 0.5) is 10.5 Å². The van der Waals surface area contributed by atoms with Crippen LogP contribution in [0.25, 0.3) is 10.9 Å². The molecule has 2 heterocycles. The van der Waals surface area contributed by atoms with E-state index in [0.717, 1.165) is 50.5 Å². The first kappa shape index (κ1) is 19.9. The Morgan fingerprint density at radius 1 is 1.10 bits per heavy atom. The Morgan fingerprint density at radius 2 is 1.87 bits per heavy atom. The van der Waals surface area contributed by atoms with E-state index in [-0.39, 0.29) is 6.03 Å². The number of amides is 2. The van der Waals surface area contributed by atoms with E-state index < -0.39 is 0 Å². The summed E-state index contributed by atoms with van der Waals surface area (Å²) in [6.45, 7) is 5.58. The number of nitrogens with zero attached hydrogens (tertiary/aromatic N) is 2. The van der Waals surface area contributed by atoms with E-state index in [0.29, 0.717) is 6.04 Å². The molecule has 1 aromatic carbocycles. The lowest BCUT2D eigenvalue weighted by Gasteiger charge is -2.33. The highest BCUT2D eigenvalue weighted by Crippen LogP contribution is 2.35. The number of urea groups is 1. The lowest BCUT2D eigenvalue weighted by atomic mass is 10.0. The van der Waals surface area contributed by atoms with Gasteiger partial charge in [0.05, 0.1) is 0 Å². The molecule has 5 nitrogen and oxygen atoms in total. The number of aryl methyl sites for hydroxylation is 1. The lowest BCUT2D eigenvalue weighted by Crippen LogP contribution is -2.38. The number of hydrogen-bond donors (Lipinski definition) is 2. The van der Waals surface area contributed by atoms with Crippen LogP contribution in [0.2, 0.25) is 0 Å². The van der Waals surface area contributed by atoms with Crippen LogP contribution in [-0.4, -0.2) is 34.1 Å². The van der Waals surface area contributed by atoms with E-state index in [1.54, 1.807) is 0 Å². The summed E-state index contributed by atoms with van der Waals surface area (Å²) in [5.41, 5.74) is 5.26. The molecular weight excluding hydrogens is 372 g/mol. The van der Waals surface area contributed by atoms with Crippen molar-refractivity contribution < 1.29 is 4.79 Å². The first-order valence-electron chi connectivity index (χ1n) is 12.2. The molecule has 0 spiro atoms. The number of aromatic nitrogens is 1. The minimum atomic E-state index is -0.0595. The van der Waals surface area contributed by atoms with Gasteiger partial charge in [0.25, 0.3) is 0 Å². The molecule has 30 heavy (non-hydrogen) atoms. The third kappa shape index (κ3) is 3.84. The fourth-order valence-corrected chi connectivity index (χ4v) is 6.03. The van der Waals surface area contributed by atoms with E-state index >= 15 is 0 Å². The Morgan fingerprint density at radius 3 is 2.63 bits per heavy atom. The van der Waals surface area contributed by atoms with Crippen LogP contribution in [0.5, 0.6) is 0 Å². The molecular formula is C25H36N4O. The molecule has 2 aliphatic carbocycles.